The average molecular weight is 560 g/mol. The average Bonchev–Trinajstić information content (AvgIpc) is 3.07. The van der Waals surface area contributed by atoms with Crippen LogP contribution in [0.3, 0.4) is 0 Å². The molecular formula is C29H42BIO2. The Morgan fingerprint density at radius 2 is 1.15 bits per heavy atom. The van der Waals surface area contributed by atoms with Gasteiger partial charge in [0.1, 0.15) is 0 Å². The predicted octanol–water partition coefficient (Wildman–Crippen LogP) is 7.74. The van der Waals surface area contributed by atoms with E-state index in [9.17, 15) is 10.0 Å². The molecule has 2 aromatic rings. The Labute approximate surface area is 215 Å². The summed E-state index contributed by atoms with van der Waals surface area (Å²) in [7, 11) is -1.42. The van der Waals surface area contributed by atoms with E-state index in [0.717, 1.165) is 12.8 Å². The fourth-order valence-corrected chi connectivity index (χ4v) is 6.21. The first-order valence-electron chi connectivity index (χ1n) is 13.3. The van der Waals surface area contributed by atoms with Crippen LogP contribution in [0.25, 0.3) is 11.1 Å². The molecule has 0 heterocycles. The van der Waals surface area contributed by atoms with Crippen molar-refractivity contribution in [2.24, 2.45) is 0 Å². The predicted molar refractivity (Wildman–Crippen MR) is 151 cm³/mol. The molecule has 0 radical (unpaired) electrons. The van der Waals surface area contributed by atoms with Gasteiger partial charge >= 0.3 is 7.12 Å². The van der Waals surface area contributed by atoms with Crippen LogP contribution in [-0.4, -0.2) is 17.2 Å². The molecule has 0 bridgehead atoms. The van der Waals surface area contributed by atoms with E-state index in [0.29, 0.717) is 5.46 Å². The van der Waals surface area contributed by atoms with Gasteiger partial charge in [-0.05, 0) is 75.3 Å². The summed E-state index contributed by atoms with van der Waals surface area (Å²) in [6.45, 7) is 4.55. The summed E-state index contributed by atoms with van der Waals surface area (Å²) in [4.78, 5) is 0. The molecule has 0 atom stereocenters. The van der Waals surface area contributed by atoms with Crippen LogP contribution in [0, 0.1) is 3.57 Å². The summed E-state index contributed by atoms with van der Waals surface area (Å²) in [5.41, 5.74) is 6.05. The van der Waals surface area contributed by atoms with Gasteiger partial charge in [0.15, 0.2) is 0 Å². The molecule has 1 aliphatic carbocycles. The van der Waals surface area contributed by atoms with E-state index in [1.807, 2.05) is 6.07 Å². The fourth-order valence-electron chi connectivity index (χ4n) is 5.72. The number of hydrogen-bond donors (Lipinski definition) is 2. The lowest BCUT2D eigenvalue weighted by molar-refractivity contribution is 0.397. The van der Waals surface area contributed by atoms with E-state index >= 15 is 0 Å². The van der Waals surface area contributed by atoms with Crippen molar-refractivity contribution < 1.29 is 10.0 Å². The Balaban J connectivity index is 1.91. The standard InChI is InChI=1S/C29H42BIO2/c1-3-5-7-9-11-13-19-29(20-14-12-10-8-6-4-2)27-21-23(30(32)33)15-17-25(27)26-18-16-24(31)22-28(26)29/h15-18,21-22,32-33H,3-14,19-20H2,1-2H3. The molecule has 3 rings (SSSR count). The van der Waals surface area contributed by atoms with E-state index in [1.165, 1.54) is 103 Å². The molecule has 2 N–H and O–H groups in total. The molecule has 1 aliphatic rings. The minimum Gasteiger partial charge on any atom is -0.423 e. The highest BCUT2D eigenvalue weighted by atomic mass is 127. The molecule has 180 valence electrons. The second-order valence-electron chi connectivity index (χ2n) is 9.99. The van der Waals surface area contributed by atoms with Crippen molar-refractivity contribution in [1.82, 2.24) is 0 Å². The number of halogens is 1. The van der Waals surface area contributed by atoms with Gasteiger partial charge in [0.2, 0.25) is 0 Å². The molecule has 0 fully saturated rings. The summed E-state index contributed by atoms with van der Waals surface area (Å²) in [5, 5.41) is 19.9. The fraction of sp³-hybridized carbons (Fsp3) is 0.586. The highest BCUT2D eigenvalue weighted by Crippen LogP contribution is 2.54. The van der Waals surface area contributed by atoms with E-state index in [4.69, 9.17) is 0 Å². The molecule has 0 amide bonds. The van der Waals surface area contributed by atoms with Crippen molar-refractivity contribution in [1.29, 1.82) is 0 Å². The molecule has 0 unspecified atom stereocenters. The maximum Gasteiger partial charge on any atom is 0.488 e. The van der Waals surface area contributed by atoms with Crippen LogP contribution in [-0.2, 0) is 5.41 Å². The van der Waals surface area contributed by atoms with Crippen LogP contribution < -0.4 is 5.46 Å². The lowest BCUT2D eigenvalue weighted by Gasteiger charge is -2.33. The Morgan fingerprint density at radius 3 is 1.70 bits per heavy atom. The Kier molecular flexibility index (Phi) is 10.8. The molecule has 4 heteroatoms. The van der Waals surface area contributed by atoms with Crippen LogP contribution in [0.5, 0.6) is 0 Å². The van der Waals surface area contributed by atoms with E-state index < -0.39 is 7.12 Å². The second kappa shape index (κ2) is 13.3. The van der Waals surface area contributed by atoms with E-state index in [2.05, 4.69) is 66.8 Å². The number of hydrogen-bond acceptors (Lipinski definition) is 2. The van der Waals surface area contributed by atoms with Gasteiger partial charge in [-0.1, -0.05) is 115 Å². The van der Waals surface area contributed by atoms with Crippen molar-refractivity contribution in [2.75, 3.05) is 0 Å². The third kappa shape index (κ3) is 6.64. The van der Waals surface area contributed by atoms with Crippen LogP contribution in [0.4, 0.5) is 0 Å². The quantitative estimate of drug-likeness (QED) is 0.133. The maximum absolute atomic E-state index is 9.93. The Hall–Kier alpha value is -0.845. The topological polar surface area (TPSA) is 40.5 Å². The van der Waals surface area contributed by atoms with Crippen molar-refractivity contribution in [2.45, 2.75) is 109 Å². The SMILES string of the molecule is CCCCCCCCC1(CCCCCCCC)c2cc(I)ccc2-c2ccc(B(O)O)cc21. The summed E-state index contributed by atoms with van der Waals surface area (Å²) in [6, 6.07) is 13.0. The first kappa shape index (κ1) is 26.8. The van der Waals surface area contributed by atoms with E-state index in [1.54, 1.807) is 0 Å². The number of unbranched alkanes of at least 4 members (excludes halogenated alkanes) is 10. The number of fused-ring (bicyclic) bond motifs is 3. The van der Waals surface area contributed by atoms with Gasteiger partial charge in [0, 0.05) is 8.99 Å². The van der Waals surface area contributed by atoms with E-state index in [-0.39, 0.29) is 5.41 Å². The molecule has 2 aromatic carbocycles. The normalized spacial score (nSPS) is 13.7. The summed E-state index contributed by atoms with van der Waals surface area (Å²) in [5.74, 6) is 0. The third-order valence-corrected chi connectivity index (χ3v) is 8.23. The second-order valence-corrected chi connectivity index (χ2v) is 11.2. The largest absolute Gasteiger partial charge is 0.488 e. The summed E-state index contributed by atoms with van der Waals surface area (Å²) in [6.07, 6.45) is 17.9. The number of benzene rings is 2. The van der Waals surface area contributed by atoms with Crippen molar-refractivity contribution in [3.63, 3.8) is 0 Å². The Morgan fingerprint density at radius 1 is 0.667 bits per heavy atom. The first-order valence-corrected chi connectivity index (χ1v) is 14.4. The molecule has 0 saturated carbocycles. The van der Waals surface area contributed by atoms with Gasteiger partial charge in [-0.15, -0.1) is 0 Å². The molecule has 0 aromatic heterocycles. The zero-order valence-corrected chi connectivity index (χ0v) is 22.9. The van der Waals surface area contributed by atoms with Gasteiger partial charge in [0.25, 0.3) is 0 Å². The number of rotatable bonds is 15. The molecular weight excluding hydrogens is 518 g/mol. The zero-order valence-electron chi connectivity index (χ0n) is 20.7. The monoisotopic (exact) mass is 560 g/mol. The van der Waals surface area contributed by atoms with Gasteiger partial charge in [0.05, 0.1) is 0 Å². The highest BCUT2D eigenvalue weighted by Gasteiger charge is 2.42. The van der Waals surface area contributed by atoms with Crippen LogP contribution in [0.2, 0.25) is 0 Å². The van der Waals surface area contributed by atoms with Crippen molar-refractivity contribution >= 4 is 35.2 Å². The van der Waals surface area contributed by atoms with Gasteiger partial charge in [-0.25, -0.2) is 0 Å². The Bertz CT molecular complexity index is 864. The minimum absolute atomic E-state index is 0.00768. The lowest BCUT2D eigenvalue weighted by atomic mass is 9.68. The molecule has 33 heavy (non-hydrogen) atoms. The van der Waals surface area contributed by atoms with Gasteiger partial charge in [-0.3, -0.25) is 0 Å². The van der Waals surface area contributed by atoms with Crippen LogP contribution in [0.1, 0.15) is 115 Å². The lowest BCUT2D eigenvalue weighted by Crippen LogP contribution is -2.32. The van der Waals surface area contributed by atoms with Crippen molar-refractivity contribution in [3.8, 4) is 11.1 Å². The summed E-state index contributed by atoms with van der Waals surface area (Å²) >= 11 is 2.45. The highest BCUT2D eigenvalue weighted by molar-refractivity contribution is 14.1. The van der Waals surface area contributed by atoms with Gasteiger partial charge in [-0.2, -0.15) is 0 Å². The molecule has 2 nitrogen and oxygen atoms in total. The van der Waals surface area contributed by atoms with Crippen LogP contribution >= 0.6 is 22.6 Å². The van der Waals surface area contributed by atoms with Gasteiger partial charge < -0.3 is 10.0 Å². The summed E-state index contributed by atoms with van der Waals surface area (Å²) < 4.78 is 1.29. The maximum atomic E-state index is 9.93. The van der Waals surface area contributed by atoms with Crippen LogP contribution in [0.15, 0.2) is 36.4 Å². The minimum atomic E-state index is -1.42. The van der Waals surface area contributed by atoms with Crippen molar-refractivity contribution in [3.05, 3.63) is 51.1 Å². The smallest absolute Gasteiger partial charge is 0.423 e. The molecule has 0 aliphatic heterocycles. The molecule has 0 spiro atoms. The molecule has 0 saturated heterocycles. The third-order valence-electron chi connectivity index (χ3n) is 7.56. The zero-order chi connectivity index (χ0) is 23.7. The first-order chi connectivity index (χ1) is 16.0.